The Balaban J connectivity index is 2.16. The molecule has 0 heterocycles. The van der Waals surface area contributed by atoms with Crippen molar-refractivity contribution in [1.29, 1.82) is 0 Å². The molecule has 2 aromatic carbocycles. The third-order valence-electron chi connectivity index (χ3n) is 6.14. The van der Waals surface area contributed by atoms with E-state index in [1.807, 2.05) is 6.92 Å². The molecule has 0 aliphatic heterocycles. The average Bonchev–Trinajstić information content (AvgIpc) is 2.67. The predicted octanol–water partition coefficient (Wildman–Crippen LogP) is 5.83. The van der Waals surface area contributed by atoms with Gasteiger partial charge in [0.05, 0.1) is 17.0 Å². The van der Waals surface area contributed by atoms with Gasteiger partial charge in [-0.1, -0.05) is 68.3 Å². The fraction of sp³-hybridized carbons (Fsp3) is 0.500. The molecule has 2 N–H and O–H groups in total. The minimum Gasteiger partial charge on any atom is -0.417 e. The number of hydrogen-bond acceptors (Lipinski definition) is 4. The highest BCUT2D eigenvalue weighted by Crippen LogP contribution is 2.36. The summed E-state index contributed by atoms with van der Waals surface area (Å²) < 4.78 is 35.0. The zero-order valence-corrected chi connectivity index (χ0v) is 22.4. The molecule has 0 aliphatic rings. The molecular weight excluding hydrogens is 462 g/mol. The molecule has 2 aromatic rings. The molecule has 8 heteroatoms. The smallest absolute Gasteiger partial charge is 0.241 e. The van der Waals surface area contributed by atoms with Crippen molar-refractivity contribution < 1.29 is 18.0 Å². The van der Waals surface area contributed by atoms with E-state index in [9.17, 15) is 13.5 Å². The Labute approximate surface area is 199 Å². The minimum atomic E-state index is -3.79. The summed E-state index contributed by atoms with van der Waals surface area (Å²) in [7, 11) is -5.71. The van der Waals surface area contributed by atoms with E-state index in [2.05, 4.69) is 38.6 Å². The third kappa shape index (κ3) is 7.40. The first-order valence-electron chi connectivity index (χ1n) is 10.9. The Kier molecular flexibility index (Phi) is 9.12. The Morgan fingerprint density at radius 1 is 1.09 bits per heavy atom. The van der Waals surface area contributed by atoms with Crippen molar-refractivity contribution in [1.82, 2.24) is 4.72 Å². The second-order valence-electron chi connectivity index (χ2n) is 9.80. The summed E-state index contributed by atoms with van der Waals surface area (Å²) in [6.45, 7) is 13.2. The maximum Gasteiger partial charge on any atom is 0.241 e. The highest BCUT2D eigenvalue weighted by Gasteiger charge is 2.37. The van der Waals surface area contributed by atoms with Crippen LogP contribution < -0.4 is 4.72 Å². The minimum absolute atomic E-state index is 0.0850. The molecule has 178 valence electrons. The van der Waals surface area contributed by atoms with E-state index in [4.69, 9.17) is 16.0 Å². The summed E-state index contributed by atoms with van der Waals surface area (Å²) in [6, 6.07) is 13.1. The summed E-state index contributed by atoms with van der Waals surface area (Å²) in [4.78, 5) is 0.177. The van der Waals surface area contributed by atoms with Crippen molar-refractivity contribution in [3.63, 3.8) is 0 Å². The van der Waals surface area contributed by atoms with Crippen LogP contribution in [0.5, 0.6) is 0 Å². The van der Waals surface area contributed by atoms with Crippen LogP contribution in [0.15, 0.2) is 53.4 Å². The molecule has 0 bridgehead atoms. The lowest BCUT2D eigenvalue weighted by molar-refractivity contribution is 0.118. The number of benzene rings is 2. The number of hydrogen-bond donors (Lipinski definition) is 2. The van der Waals surface area contributed by atoms with Gasteiger partial charge in [-0.3, -0.25) is 0 Å². The van der Waals surface area contributed by atoms with E-state index in [0.29, 0.717) is 23.6 Å². The lowest BCUT2D eigenvalue weighted by atomic mass is 10.0. The molecule has 32 heavy (non-hydrogen) atoms. The molecule has 0 aliphatic carbocycles. The van der Waals surface area contributed by atoms with Gasteiger partial charge in [-0.05, 0) is 61.7 Å². The lowest BCUT2D eigenvalue weighted by Gasteiger charge is -2.36. The molecule has 0 radical (unpaired) electrons. The van der Waals surface area contributed by atoms with Crippen molar-refractivity contribution in [2.24, 2.45) is 0 Å². The molecule has 0 spiro atoms. The van der Waals surface area contributed by atoms with Crippen LogP contribution >= 0.6 is 11.6 Å². The predicted molar refractivity (Wildman–Crippen MR) is 134 cm³/mol. The highest BCUT2D eigenvalue weighted by atomic mass is 35.5. The molecule has 2 rings (SSSR count). The number of aliphatic hydroxyl groups is 1. The summed E-state index contributed by atoms with van der Waals surface area (Å²) in [6.07, 6.45) is -0.142. The van der Waals surface area contributed by atoms with Crippen molar-refractivity contribution >= 4 is 29.9 Å². The van der Waals surface area contributed by atoms with E-state index in [1.54, 1.807) is 48.5 Å². The van der Waals surface area contributed by atoms with Crippen molar-refractivity contribution in [3.8, 4) is 0 Å². The topological polar surface area (TPSA) is 75.6 Å². The third-order valence-corrected chi connectivity index (χ3v) is 12.5. The van der Waals surface area contributed by atoms with Crippen molar-refractivity contribution in [3.05, 3.63) is 64.7 Å². The lowest BCUT2D eigenvalue weighted by Crippen LogP contribution is -2.41. The van der Waals surface area contributed by atoms with Crippen LogP contribution in [0.1, 0.15) is 50.8 Å². The van der Waals surface area contributed by atoms with Gasteiger partial charge in [-0.25, -0.2) is 13.1 Å². The Hall–Kier alpha value is -1.22. The summed E-state index contributed by atoms with van der Waals surface area (Å²) in [5.74, 6) is 0. The second kappa shape index (κ2) is 10.8. The van der Waals surface area contributed by atoms with Crippen LogP contribution in [0.2, 0.25) is 23.2 Å². The van der Waals surface area contributed by atoms with Gasteiger partial charge >= 0.3 is 0 Å². The van der Waals surface area contributed by atoms with E-state index in [1.165, 1.54) is 0 Å². The number of sulfonamides is 1. The van der Waals surface area contributed by atoms with Gasteiger partial charge in [0, 0.05) is 11.6 Å². The van der Waals surface area contributed by atoms with Gasteiger partial charge < -0.3 is 9.53 Å². The van der Waals surface area contributed by atoms with Crippen molar-refractivity contribution in [2.75, 3.05) is 6.61 Å². The monoisotopic (exact) mass is 497 g/mol. The van der Waals surface area contributed by atoms with Crippen LogP contribution in [-0.4, -0.2) is 34.6 Å². The van der Waals surface area contributed by atoms with Crippen LogP contribution in [0.3, 0.4) is 0 Å². The molecule has 0 fully saturated rings. The Morgan fingerprint density at radius 2 is 1.69 bits per heavy atom. The van der Waals surface area contributed by atoms with Gasteiger partial charge in [0.25, 0.3) is 0 Å². The first-order valence-corrected chi connectivity index (χ1v) is 15.7. The number of aryl methyl sites for hydroxylation is 1. The molecule has 0 amide bonds. The summed E-state index contributed by atoms with van der Waals surface area (Å²) in [5, 5.41) is 11.3. The summed E-state index contributed by atoms with van der Waals surface area (Å²) >= 11 is 6.38. The van der Waals surface area contributed by atoms with Gasteiger partial charge in [0.2, 0.25) is 10.0 Å². The second-order valence-corrected chi connectivity index (χ2v) is 16.7. The molecule has 5 nitrogen and oxygen atoms in total. The number of aliphatic hydroxyl groups excluding tert-OH is 1. The molecule has 0 saturated carbocycles. The first-order chi connectivity index (χ1) is 14.7. The normalized spacial score (nSPS) is 14.9. The maximum atomic E-state index is 13.0. The van der Waals surface area contributed by atoms with Crippen LogP contribution in [0, 0.1) is 6.92 Å². The fourth-order valence-corrected chi connectivity index (χ4v) is 5.58. The zero-order valence-electron chi connectivity index (χ0n) is 19.9. The van der Waals surface area contributed by atoms with Gasteiger partial charge in [0.1, 0.15) is 0 Å². The number of nitrogens with one attached hydrogen (secondary N) is 1. The van der Waals surface area contributed by atoms with E-state index in [-0.39, 0.29) is 16.4 Å². The number of rotatable bonds is 10. The SMILES string of the molecule is Cc1ccc(S(=O)(=O)N[C@H](C[C@@H](O)CCO[Si](C)(C)C(C)(C)C)c2ccccc2Cl)cc1. The maximum absolute atomic E-state index is 13.0. The first kappa shape index (κ1) is 27.0. The fourth-order valence-electron chi connectivity index (χ4n) is 3.03. The Bertz CT molecular complexity index is 988. The quantitative estimate of drug-likeness (QED) is 0.405. The van der Waals surface area contributed by atoms with Crippen molar-refractivity contribution in [2.45, 2.75) is 75.7 Å². The molecule has 0 saturated heterocycles. The van der Waals surface area contributed by atoms with Gasteiger partial charge in [0.15, 0.2) is 8.32 Å². The average molecular weight is 498 g/mol. The summed E-state index contributed by atoms with van der Waals surface area (Å²) in [5.41, 5.74) is 1.61. The number of halogens is 1. The van der Waals surface area contributed by atoms with E-state index < -0.39 is 30.5 Å². The highest BCUT2D eigenvalue weighted by molar-refractivity contribution is 7.89. The molecule has 0 unspecified atom stereocenters. The molecule has 2 atom stereocenters. The van der Waals surface area contributed by atoms with E-state index >= 15 is 0 Å². The van der Waals surface area contributed by atoms with Gasteiger partial charge in [-0.15, -0.1) is 0 Å². The van der Waals surface area contributed by atoms with Crippen LogP contribution in [0.4, 0.5) is 0 Å². The molecular formula is C24H36ClNO4SSi. The Morgan fingerprint density at radius 3 is 2.25 bits per heavy atom. The standard InChI is InChI=1S/C24H36ClNO4SSi/c1-18-11-13-20(14-12-18)31(28,29)26-23(21-9-7-8-10-22(21)25)17-19(27)15-16-30-32(5,6)24(2,3)4/h7-14,19,23,26-27H,15-17H2,1-6H3/t19-,23+/m0/s1. The largest absolute Gasteiger partial charge is 0.417 e. The zero-order chi connectivity index (χ0) is 24.2. The van der Waals surface area contributed by atoms with Crippen LogP contribution in [-0.2, 0) is 14.4 Å². The van der Waals surface area contributed by atoms with E-state index in [0.717, 1.165) is 5.56 Å². The van der Waals surface area contributed by atoms with Crippen LogP contribution in [0.25, 0.3) is 0 Å². The van der Waals surface area contributed by atoms with Gasteiger partial charge in [-0.2, -0.15) is 0 Å². The molecule has 0 aromatic heterocycles.